The van der Waals surface area contributed by atoms with Crippen molar-refractivity contribution in [2.75, 3.05) is 19.6 Å². The van der Waals surface area contributed by atoms with Crippen LogP contribution in [0, 0.1) is 5.92 Å². The minimum atomic E-state index is 0.508. The summed E-state index contributed by atoms with van der Waals surface area (Å²) >= 11 is 0. The summed E-state index contributed by atoms with van der Waals surface area (Å²) in [6.07, 6.45) is 6.86. The first-order chi connectivity index (χ1) is 7.72. The average Bonchev–Trinajstić information content (AvgIpc) is 2.64. The third kappa shape index (κ3) is 2.14. The van der Waals surface area contributed by atoms with Crippen molar-refractivity contribution in [3.8, 4) is 0 Å². The van der Waals surface area contributed by atoms with Gasteiger partial charge in [0.1, 0.15) is 0 Å². The molecule has 2 rings (SSSR count). The zero-order valence-corrected chi connectivity index (χ0v) is 11.3. The van der Waals surface area contributed by atoms with Crippen molar-refractivity contribution in [1.82, 2.24) is 10.2 Å². The van der Waals surface area contributed by atoms with Crippen LogP contribution in [0.15, 0.2) is 0 Å². The Hall–Kier alpha value is -0.0800. The van der Waals surface area contributed by atoms with Crippen LogP contribution in [0.2, 0.25) is 0 Å². The van der Waals surface area contributed by atoms with Crippen molar-refractivity contribution in [2.45, 2.75) is 64.5 Å². The number of nitrogens with zero attached hydrogens (tertiary/aromatic N) is 1. The lowest BCUT2D eigenvalue weighted by Gasteiger charge is -2.47. The van der Waals surface area contributed by atoms with E-state index in [4.69, 9.17) is 0 Å². The molecule has 0 aromatic carbocycles. The Kier molecular flexibility index (Phi) is 3.91. The molecule has 2 heteroatoms. The van der Waals surface area contributed by atoms with Gasteiger partial charge in [-0.1, -0.05) is 20.8 Å². The monoisotopic (exact) mass is 224 g/mol. The summed E-state index contributed by atoms with van der Waals surface area (Å²) in [5.41, 5.74) is 0.508. The second-order valence-electron chi connectivity index (χ2n) is 5.93. The Morgan fingerprint density at radius 1 is 1.38 bits per heavy atom. The smallest absolute Gasteiger partial charge is 0.0340 e. The van der Waals surface area contributed by atoms with Gasteiger partial charge in [-0.05, 0) is 51.1 Å². The molecule has 2 atom stereocenters. The van der Waals surface area contributed by atoms with Gasteiger partial charge in [-0.2, -0.15) is 0 Å². The summed E-state index contributed by atoms with van der Waals surface area (Å²) in [5.74, 6) is 0.851. The summed E-state index contributed by atoms with van der Waals surface area (Å²) < 4.78 is 0. The highest BCUT2D eigenvalue weighted by Gasteiger charge is 2.45. The third-order valence-corrected chi connectivity index (χ3v) is 4.71. The van der Waals surface area contributed by atoms with E-state index in [0.717, 1.165) is 12.0 Å². The molecule has 0 aliphatic carbocycles. The van der Waals surface area contributed by atoms with E-state index < -0.39 is 0 Å². The van der Waals surface area contributed by atoms with Gasteiger partial charge in [0.25, 0.3) is 0 Å². The number of likely N-dealkylation sites (tertiary alicyclic amines) is 1. The zero-order chi connectivity index (χ0) is 11.6. The molecule has 2 unspecified atom stereocenters. The Morgan fingerprint density at radius 2 is 2.12 bits per heavy atom. The number of hydrogen-bond acceptors (Lipinski definition) is 2. The predicted molar refractivity (Wildman–Crippen MR) is 69.7 cm³/mol. The van der Waals surface area contributed by atoms with Gasteiger partial charge >= 0.3 is 0 Å². The van der Waals surface area contributed by atoms with E-state index in [1.54, 1.807) is 0 Å². The van der Waals surface area contributed by atoms with Gasteiger partial charge in [-0.25, -0.2) is 0 Å². The number of nitrogens with one attached hydrogen (secondary N) is 1. The molecular weight excluding hydrogens is 196 g/mol. The first-order valence-electron chi connectivity index (χ1n) is 7.19. The second kappa shape index (κ2) is 5.05. The molecule has 2 fully saturated rings. The lowest BCUT2D eigenvalue weighted by Crippen LogP contribution is -2.59. The van der Waals surface area contributed by atoms with E-state index in [-0.39, 0.29) is 0 Å². The highest BCUT2D eigenvalue weighted by atomic mass is 15.3. The molecule has 0 radical (unpaired) electrons. The van der Waals surface area contributed by atoms with Crippen molar-refractivity contribution in [3.63, 3.8) is 0 Å². The molecule has 2 aliphatic rings. The molecule has 0 aromatic rings. The minimum absolute atomic E-state index is 0.508. The summed E-state index contributed by atoms with van der Waals surface area (Å²) in [6, 6.07) is 0.814. The highest BCUT2D eigenvalue weighted by molar-refractivity contribution is 5.02. The normalized spacial score (nSPS) is 36.4. The summed E-state index contributed by atoms with van der Waals surface area (Å²) in [5, 5.41) is 3.66. The molecule has 1 spiro atoms. The van der Waals surface area contributed by atoms with Crippen molar-refractivity contribution in [1.29, 1.82) is 0 Å². The zero-order valence-electron chi connectivity index (χ0n) is 11.3. The van der Waals surface area contributed by atoms with E-state index in [9.17, 15) is 0 Å². The number of piperidine rings is 1. The first kappa shape index (κ1) is 12.4. The Bertz CT molecular complexity index is 225. The lowest BCUT2D eigenvalue weighted by molar-refractivity contribution is 0.0429. The maximum Gasteiger partial charge on any atom is 0.0340 e. The Labute approximate surface area is 101 Å². The lowest BCUT2D eigenvalue weighted by atomic mass is 9.81. The fourth-order valence-electron chi connectivity index (χ4n) is 4.01. The van der Waals surface area contributed by atoms with Crippen molar-refractivity contribution < 1.29 is 0 Å². The molecule has 1 N–H and O–H groups in total. The summed E-state index contributed by atoms with van der Waals surface area (Å²) in [6.45, 7) is 10.9. The van der Waals surface area contributed by atoms with Crippen LogP contribution in [-0.2, 0) is 0 Å². The van der Waals surface area contributed by atoms with Gasteiger partial charge in [0.15, 0.2) is 0 Å². The van der Waals surface area contributed by atoms with E-state index in [1.807, 2.05) is 0 Å². The standard InChI is InChI=1S/C14H28N2/c1-4-13(5-2)16-8-6-7-14(16)9-12(3)10-15-11-14/h12-13,15H,4-11H2,1-3H3. The average molecular weight is 224 g/mol. The van der Waals surface area contributed by atoms with Gasteiger partial charge in [0.2, 0.25) is 0 Å². The van der Waals surface area contributed by atoms with Gasteiger partial charge in [-0.15, -0.1) is 0 Å². The number of hydrogen-bond donors (Lipinski definition) is 1. The molecule has 2 heterocycles. The van der Waals surface area contributed by atoms with Crippen molar-refractivity contribution >= 4 is 0 Å². The van der Waals surface area contributed by atoms with Crippen LogP contribution in [0.4, 0.5) is 0 Å². The van der Waals surface area contributed by atoms with Crippen LogP contribution < -0.4 is 5.32 Å². The molecule has 0 saturated carbocycles. The van der Waals surface area contributed by atoms with Crippen LogP contribution in [0.5, 0.6) is 0 Å². The fraction of sp³-hybridized carbons (Fsp3) is 1.00. The predicted octanol–water partition coefficient (Wildman–Crippen LogP) is 2.64. The van der Waals surface area contributed by atoms with Gasteiger partial charge < -0.3 is 5.32 Å². The highest BCUT2D eigenvalue weighted by Crippen LogP contribution is 2.39. The van der Waals surface area contributed by atoms with Crippen LogP contribution >= 0.6 is 0 Å². The third-order valence-electron chi connectivity index (χ3n) is 4.71. The molecular formula is C14H28N2. The molecule has 0 bridgehead atoms. The van der Waals surface area contributed by atoms with Crippen molar-refractivity contribution in [3.05, 3.63) is 0 Å². The van der Waals surface area contributed by atoms with E-state index in [0.29, 0.717) is 5.54 Å². The molecule has 2 aliphatic heterocycles. The molecule has 16 heavy (non-hydrogen) atoms. The fourth-order valence-corrected chi connectivity index (χ4v) is 4.01. The minimum Gasteiger partial charge on any atom is -0.315 e. The molecule has 94 valence electrons. The molecule has 2 nitrogen and oxygen atoms in total. The second-order valence-corrected chi connectivity index (χ2v) is 5.93. The molecule has 2 saturated heterocycles. The van der Waals surface area contributed by atoms with E-state index >= 15 is 0 Å². The Balaban J connectivity index is 2.11. The largest absolute Gasteiger partial charge is 0.315 e. The number of rotatable bonds is 3. The van der Waals surface area contributed by atoms with Crippen molar-refractivity contribution in [2.24, 2.45) is 5.92 Å². The van der Waals surface area contributed by atoms with Gasteiger partial charge in [-0.3, -0.25) is 4.90 Å². The van der Waals surface area contributed by atoms with Crippen LogP contribution in [0.1, 0.15) is 52.9 Å². The van der Waals surface area contributed by atoms with Crippen LogP contribution in [-0.4, -0.2) is 36.1 Å². The van der Waals surface area contributed by atoms with Gasteiger partial charge in [0, 0.05) is 18.1 Å². The van der Waals surface area contributed by atoms with Crippen LogP contribution in [0.25, 0.3) is 0 Å². The molecule has 0 amide bonds. The summed E-state index contributed by atoms with van der Waals surface area (Å²) in [4.78, 5) is 2.84. The van der Waals surface area contributed by atoms with E-state index in [1.165, 1.54) is 51.7 Å². The maximum absolute atomic E-state index is 3.66. The first-order valence-corrected chi connectivity index (χ1v) is 7.19. The quantitative estimate of drug-likeness (QED) is 0.793. The Morgan fingerprint density at radius 3 is 2.75 bits per heavy atom. The van der Waals surface area contributed by atoms with Gasteiger partial charge in [0.05, 0.1) is 0 Å². The van der Waals surface area contributed by atoms with Crippen LogP contribution in [0.3, 0.4) is 0 Å². The SMILES string of the molecule is CCC(CC)N1CCCC12CNCC(C)C2. The maximum atomic E-state index is 3.66. The molecule has 0 aromatic heterocycles. The van der Waals surface area contributed by atoms with E-state index in [2.05, 4.69) is 31.0 Å². The topological polar surface area (TPSA) is 15.3 Å². The summed E-state index contributed by atoms with van der Waals surface area (Å²) in [7, 11) is 0.